The molecule has 0 aliphatic rings. The number of aldehydes is 2. The van der Waals surface area contributed by atoms with Gasteiger partial charge in [-0.3, -0.25) is 23.7 Å². The predicted molar refractivity (Wildman–Crippen MR) is 240 cm³/mol. The third kappa shape index (κ3) is 11.7. The van der Waals surface area contributed by atoms with Crippen LogP contribution in [-0.2, 0) is 40.4 Å². The van der Waals surface area contributed by atoms with Crippen LogP contribution in [-0.4, -0.2) is 114 Å². The third-order valence-electron chi connectivity index (χ3n) is 9.42. The number of hydrogen-bond acceptors (Lipinski definition) is 15. The highest BCUT2D eigenvalue weighted by atomic mass is 32.1. The molecule has 6 aromatic rings. The van der Waals surface area contributed by atoms with Crippen LogP contribution >= 0.6 is 11.3 Å². The van der Waals surface area contributed by atoms with E-state index in [1.54, 1.807) is 67.0 Å². The predicted octanol–water partition coefficient (Wildman–Crippen LogP) is 5.21. The Morgan fingerprint density at radius 2 is 1.52 bits per heavy atom. The topological polar surface area (TPSA) is 223 Å². The number of anilines is 1. The molecule has 19 nitrogen and oxygen atoms in total. The minimum atomic E-state index is -0.495. The molecule has 20 heteroatoms. The molecule has 1 amide bonds. The summed E-state index contributed by atoms with van der Waals surface area (Å²) in [6.45, 7) is 9.77. The maximum Gasteiger partial charge on any atom is 0.338 e. The van der Waals surface area contributed by atoms with Gasteiger partial charge in [-0.25, -0.2) is 9.78 Å². The van der Waals surface area contributed by atoms with Gasteiger partial charge in [-0.2, -0.15) is 15.2 Å². The van der Waals surface area contributed by atoms with Gasteiger partial charge in [0.15, 0.2) is 17.4 Å². The molecule has 0 aliphatic heterocycles. The van der Waals surface area contributed by atoms with Crippen molar-refractivity contribution in [2.24, 2.45) is 10.7 Å². The summed E-state index contributed by atoms with van der Waals surface area (Å²) < 4.78 is 35.2. The summed E-state index contributed by atoms with van der Waals surface area (Å²) in [5.74, 6) is 0.551. The number of amides is 1. The fourth-order valence-corrected chi connectivity index (χ4v) is 7.69. The van der Waals surface area contributed by atoms with Gasteiger partial charge >= 0.3 is 5.97 Å². The Morgan fingerprint density at radius 3 is 2.11 bits per heavy atom. The molecule has 0 unspecified atom stereocenters. The van der Waals surface area contributed by atoms with Gasteiger partial charge in [0, 0.05) is 59.4 Å². The van der Waals surface area contributed by atoms with Gasteiger partial charge in [-0.05, 0) is 71.1 Å². The maximum absolute atomic E-state index is 13.6. The van der Waals surface area contributed by atoms with Gasteiger partial charge in [-0.15, -0.1) is 0 Å². The lowest BCUT2D eigenvalue weighted by Crippen LogP contribution is -2.19. The number of hydrogen-bond donors (Lipinski definition) is 2. The molecule has 4 heterocycles. The number of esters is 1. The largest absolute Gasteiger partial charge is 0.494 e. The van der Waals surface area contributed by atoms with Crippen LogP contribution < -0.4 is 25.3 Å². The molecule has 4 aromatic heterocycles. The zero-order chi connectivity index (χ0) is 46.2. The summed E-state index contributed by atoms with van der Waals surface area (Å²) in [5.41, 5.74) is 9.81. The number of ether oxygens (including phenoxy) is 5. The van der Waals surface area contributed by atoms with Crippen LogP contribution in [0.2, 0.25) is 0 Å². The van der Waals surface area contributed by atoms with E-state index in [-0.39, 0.29) is 6.61 Å². The summed E-state index contributed by atoms with van der Waals surface area (Å²) in [6, 6.07) is 10.2. The van der Waals surface area contributed by atoms with Crippen LogP contribution in [0.5, 0.6) is 11.5 Å². The third-order valence-corrected chi connectivity index (χ3v) is 10.4. The Bertz CT molecular complexity index is 2610. The van der Waals surface area contributed by atoms with Crippen LogP contribution in [0.15, 0.2) is 53.5 Å². The van der Waals surface area contributed by atoms with E-state index in [2.05, 4.69) is 31.2 Å². The minimum absolute atomic E-state index is 0.246. The van der Waals surface area contributed by atoms with Crippen molar-refractivity contribution in [1.29, 1.82) is 0 Å². The Hall–Kier alpha value is -6.48. The number of nitrogens with two attached hydrogens (primary N) is 1. The molecular formula is C43H56N10O9S. The lowest BCUT2D eigenvalue weighted by Gasteiger charge is -2.15. The van der Waals surface area contributed by atoms with Gasteiger partial charge in [0.05, 0.1) is 48.0 Å². The standard InChI is InChI=1S/C35H41N7O8S.C7H10N2O.CH5N/c1-8-42-25(15-21(2)39-42)32(44)38-35-41(31-27(50-14-11-29(47-5)48-6)16-22(20-43)17-28(31)51-35)13-10-9-12-40-30-24(37-34(40)36-3)18-23(33(45)49-7)19-26(30)46-4;1-3-9-7(5-10)4-6(2)8-9;1-2/h9-10,15-20,29H,8,11-14H2,1-7H3,(H,36,37);4-5H,3H2,1-2H3;2H2,1H3/b10-9+,38-35?;;. The highest BCUT2D eigenvalue weighted by molar-refractivity contribution is 7.16. The first-order valence-corrected chi connectivity index (χ1v) is 20.8. The van der Waals surface area contributed by atoms with E-state index in [0.29, 0.717) is 97.8 Å². The molecular weight excluding hydrogens is 833 g/mol. The number of nitrogens with zero attached hydrogens (tertiary/aromatic N) is 8. The van der Waals surface area contributed by atoms with Gasteiger partial charge < -0.3 is 43.9 Å². The maximum atomic E-state index is 13.6. The zero-order valence-electron chi connectivity index (χ0n) is 37.3. The van der Waals surface area contributed by atoms with Gasteiger partial charge in [-0.1, -0.05) is 23.5 Å². The molecule has 0 bridgehead atoms. The van der Waals surface area contributed by atoms with Gasteiger partial charge in [0.2, 0.25) is 5.95 Å². The fourth-order valence-electron chi connectivity index (χ4n) is 6.59. The van der Waals surface area contributed by atoms with Crippen molar-refractivity contribution in [2.75, 3.05) is 54.5 Å². The summed E-state index contributed by atoms with van der Waals surface area (Å²) >= 11 is 1.28. The summed E-state index contributed by atoms with van der Waals surface area (Å²) in [7, 11) is 9.21. The molecule has 338 valence electrons. The van der Waals surface area contributed by atoms with Crippen LogP contribution in [0.1, 0.15) is 73.3 Å². The van der Waals surface area contributed by atoms with E-state index in [0.717, 1.165) is 24.8 Å². The van der Waals surface area contributed by atoms with Gasteiger partial charge in [0.1, 0.15) is 40.2 Å². The number of allylic oxidation sites excluding steroid dienone is 2. The Balaban J connectivity index is 0.000000632. The Kier molecular flexibility index (Phi) is 18.5. The lowest BCUT2D eigenvalue weighted by molar-refractivity contribution is -0.110. The van der Waals surface area contributed by atoms with Crippen molar-refractivity contribution < 1.29 is 42.9 Å². The summed E-state index contributed by atoms with van der Waals surface area (Å²) in [4.78, 5) is 57.8. The number of rotatable bonds is 18. The van der Waals surface area contributed by atoms with Crippen molar-refractivity contribution in [1.82, 2.24) is 33.7 Å². The summed E-state index contributed by atoms with van der Waals surface area (Å²) in [5, 5.41) is 11.6. The summed E-state index contributed by atoms with van der Waals surface area (Å²) in [6.07, 6.45) is 5.45. The van der Waals surface area contributed by atoms with Crippen molar-refractivity contribution >= 4 is 63.0 Å². The molecule has 0 aliphatic carbocycles. The molecule has 0 saturated carbocycles. The van der Waals surface area contributed by atoms with Crippen molar-refractivity contribution in [2.45, 2.75) is 66.6 Å². The molecule has 0 fully saturated rings. The zero-order valence-corrected chi connectivity index (χ0v) is 38.1. The molecule has 0 spiro atoms. The molecule has 63 heavy (non-hydrogen) atoms. The van der Waals surface area contributed by atoms with Crippen molar-refractivity contribution in [3.8, 4) is 11.5 Å². The lowest BCUT2D eigenvalue weighted by atomic mass is 10.2. The first-order chi connectivity index (χ1) is 30.5. The Morgan fingerprint density at radius 1 is 0.857 bits per heavy atom. The first-order valence-electron chi connectivity index (χ1n) is 20.0. The van der Waals surface area contributed by atoms with Crippen LogP contribution in [0, 0.1) is 13.8 Å². The van der Waals surface area contributed by atoms with E-state index in [1.165, 1.54) is 32.6 Å². The number of carbonyl (C=O) groups excluding carboxylic acids is 4. The van der Waals surface area contributed by atoms with E-state index >= 15 is 0 Å². The van der Waals surface area contributed by atoms with E-state index in [9.17, 15) is 19.2 Å². The number of carbonyl (C=O) groups is 4. The van der Waals surface area contributed by atoms with Crippen molar-refractivity contribution in [3.63, 3.8) is 0 Å². The smallest absolute Gasteiger partial charge is 0.338 e. The number of thiazole rings is 1. The van der Waals surface area contributed by atoms with Crippen LogP contribution in [0.3, 0.4) is 0 Å². The molecule has 6 rings (SSSR count). The number of benzene rings is 2. The second kappa shape index (κ2) is 23.7. The molecule has 0 saturated heterocycles. The molecule has 0 radical (unpaired) electrons. The average molecular weight is 889 g/mol. The van der Waals surface area contributed by atoms with E-state index in [4.69, 9.17) is 23.7 Å². The highest BCUT2D eigenvalue weighted by Crippen LogP contribution is 2.32. The number of imidazole rings is 1. The fraction of sp³-hybridized carbons (Fsp3) is 0.395. The van der Waals surface area contributed by atoms with Crippen LogP contribution in [0.4, 0.5) is 5.95 Å². The monoisotopic (exact) mass is 888 g/mol. The number of fused-ring (bicyclic) bond motifs is 2. The van der Waals surface area contributed by atoms with E-state index < -0.39 is 18.2 Å². The number of methoxy groups -OCH3 is 4. The Labute approximate surface area is 369 Å². The minimum Gasteiger partial charge on any atom is -0.494 e. The second-order valence-corrected chi connectivity index (χ2v) is 14.4. The average Bonchev–Trinajstić information content (AvgIpc) is 4.08. The highest BCUT2D eigenvalue weighted by Gasteiger charge is 2.20. The van der Waals surface area contributed by atoms with Gasteiger partial charge in [0.25, 0.3) is 5.91 Å². The number of aryl methyl sites for hydroxylation is 4. The SMILES string of the molecule is CCn1nc(C)cc1C(=O)N=c1sc2cc(C=O)cc(OCCC(OC)OC)c2n1C/C=C/Cn1c(NC)nc2cc(C(=O)OC)cc(OC)c21.CCn1nc(C)cc1C=O.CN. The quantitative estimate of drug-likeness (QED) is 0.0490. The normalized spacial score (nSPS) is 11.4. The van der Waals surface area contributed by atoms with Crippen molar-refractivity contribution in [3.05, 3.63) is 87.3 Å². The molecule has 3 N–H and O–H groups in total. The van der Waals surface area contributed by atoms with Crippen LogP contribution in [0.25, 0.3) is 21.3 Å². The number of aromatic nitrogens is 7. The second-order valence-electron chi connectivity index (χ2n) is 13.4. The molecule has 0 atom stereocenters. The van der Waals surface area contributed by atoms with E-state index in [1.807, 2.05) is 49.0 Å². The number of nitrogens with one attached hydrogen (secondary N) is 1. The molecule has 2 aromatic carbocycles. The first kappa shape index (κ1) is 49.2.